The summed E-state index contributed by atoms with van der Waals surface area (Å²) in [5.74, 6) is -0.796. The Kier molecular flexibility index (Phi) is 7.75. The number of hydrogen-bond acceptors (Lipinski definition) is 6. The lowest BCUT2D eigenvalue weighted by Gasteiger charge is -2.23. The number of nitrogens with zero attached hydrogens (tertiary/aromatic N) is 1. The standard InChI is InChI=1S/C21H29N3O5/c1-14(19(26)28-13-16-7-5-6-9-22-16)11-17(12-15-8-10-23-18(15)25)24-20(27)29-21(2,3)4/h5-7,9,11,15,17H,8,10,12-13H2,1-4H3,(H,23,25)(H,24,27)/t15-,17+/m0/s1. The highest BCUT2D eigenvalue weighted by Gasteiger charge is 2.28. The maximum atomic E-state index is 12.3. The van der Waals surface area contributed by atoms with Crippen LogP contribution in [0.15, 0.2) is 36.0 Å². The summed E-state index contributed by atoms with van der Waals surface area (Å²) in [6.07, 6.45) is 3.68. The summed E-state index contributed by atoms with van der Waals surface area (Å²) in [6, 6.07) is 4.81. The van der Waals surface area contributed by atoms with Crippen LogP contribution in [0.1, 0.15) is 46.2 Å². The Labute approximate surface area is 171 Å². The Bertz CT molecular complexity index is 755. The second kappa shape index (κ2) is 10.0. The molecule has 2 amide bonds. The quantitative estimate of drug-likeness (QED) is 0.535. The maximum absolute atomic E-state index is 12.3. The molecule has 8 nitrogen and oxygen atoms in total. The van der Waals surface area contributed by atoms with E-state index in [2.05, 4.69) is 15.6 Å². The second-order valence-electron chi connectivity index (χ2n) is 8.01. The summed E-state index contributed by atoms with van der Waals surface area (Å²) >= 11 is 0. The van der Waals surface area contributed by atoms with Gasteiger partial charge in [-0.25, -0.2) is 9.59 Å². The molecule has 1 fully saturated rings. The van der Waals surface area contributed by atoms with Crippen molar-refractivity contribution in [3.8, 4) is 0 Å². The van der Waals surface area contributed by atoms with Crippen LogP contribution in [0.3, 0.4) is 0 Å². The molecule has 1 aliphatic rings. The van der Waals surface area contributed by atoms with Gasteiger partial charge in [0.1, 0.15) is 12.2 Å². The zero-order valence-electron chi connectivity index (χ0n) is 17.4. The van der Waals surface area contributed by atoms with E-state index in [0.29, 0.717) is 30.7 Å². The summed E-state index contributed by atoms with van der Waals surface area (Å²) in [6.45, 7) is 7.57. The van der Waals surface area contributed by atoms with Crippen molar-refractivity contribution in [3.05, 3.63) is 41.7 Å². The van der Waals surface area contributed by atoms with Crippen molar-refractivity contribution in [1.82, 2.24) is 15.6 Å². The Morgan fingerprint density at radius 3 is 2.72 bits per heavy atom. The molecule has 1 saturated heterocycles. The van der Waals surface area contributed by atoms with Gasteiger partial charge in [-0.1, -0.05) is 12.1 Å². The number of nitrogens with one attached hydrogen (secondary N) is 2. The van der Waals surface area contributed by atoms with E-state index in [0.717, 1.165) is 0 Å². The molecule has 1 aromatic rings. The van der Waals surface area contributed by atoms with Gasteiger partial charge in [0.25, 0.3) is 0 Å². The molecule has 0 bridgehead atoms. The van der Waals surface area contributed by atoms with Gasteiger partial charge in [-0.2, -0.15) is 0 Å². The first-order chi connectivity index (χ1) is 13.6. The molecule has 2 atom stereocenters. The van der Waals surface area contributed by atoms with Crippen molar-refractivity contribution in [2.45, 2.75) is 58.8 Å². The van der Waals surface area contributed by atoms with E-state index in [1.54, 1.807) is 52.1 Å². The number of alkyl carbamates (subject to hydrolysis) is 1. The molecule has 0 spiro atoms. The summed E-state index contributed by atoms with van der Waals surface area (Å²) in [5, 5.41) is 5.52. The summed E-state index contributed by atoms with van der Waals surface area (Å²) in [5.41, 5.74) is 0.319. The third-order valence-corrected chi connectivity index (χ3v) is 4.25. The highest BCUT2D eigenvalue weighted by Crippen LogP contribution is 2.18. The molecule has 1 aliphatic heterocycles. The van der Waals surface area contributed by atoms with Crippen LogP contribution >= 0.6 is 0 Å². The molecule has 158 valence electrons. The first-order valence-electron chi connectivity index (χ1n) is 9.67. The second-order valence-corrected chi connectivity index (χ2v) is 8.01. The minimum Gasteiger partial charge on any atom is -0.456 e. The van der Waals surface area contributed by atoms with Crippen LogP contribution in [0.25, 0.3) is 0 Å². The van der Waals surface area contributed by atoms with E-state index in [1.165, 1.54) is 0 Å². The largest absolute Gasteiger partial charge is 0.456 e. The van der Waals surface area contributed by atoms with E-state index >= 15 is 0 Å². The zero-order valence-corrected chi connectivity index (χ0v) is 17.4. The lowest BCUT2D eigenvalue weighted by atomic mass is 9.97. The van der Waals surface area contributed by atoms with Gasteiger partial charge in [-0.3, -0.25) is 9.78 Å². The van der Waals surface area contributed by atoms with Crippen molar-refractivity contribution < 1.29 is 23.9 Å². The smallest absolute Gasteiger partial charge is 0.408 e. The van der Waals surface area contributed by atoms with E-state index in [-0.39, 0.29) is 18.4 Å². The maximum Gasteiger partial charge on any atom is 0.408 e. The number of hydrogen-bond donors (Lipinski definition) is 2. The molecule has 2 rings (SSSR count). The molecule has 0 aromatic carbocycles. The average Bonchev–Trinajstić information content (AvgIpc) is 3.03. The molecule has 8 heteroatoms. The van der Waals surface area contributed by atoms with Crippen molar-refractivity contribution in [2.24, 2.45) is 5.92 Å². The normalized spacial score (nSPS) is 18.0. The zero-order chi connectivity index (χ0) is 21.4. The lowest BCUT2D eigenvalue weighted by Crippen LogP contribution is -2.40. The van der Waals surface area contributed by atoms with E-state index in [1.807, 2.05) is 6.07 Å². The Morgan fingerprint density at radius 1 is 1.38 bits per heavy atom. The number of carbonyl (C=O) groups is 3. The molecule has 2 heterocycles. The average molecular weight is 403 g/mol. The number of esters is 1. The van der Waals surface area contributed by atoms with Crippen molar-refractivity contribution in [2.75, 3.05) is 6.54 Å². The van der Waals surface area contributed by atoms with Gasteiger partial charge in [-0.05, 0) is 52.7 Å². The highest BCUT2D eigenvalue weighted by molar-refractivity contribution is 5.88. The molecule has 0 radical (unpaired) electrons. The first-order valence-corrected chi connectivity index (χ1v) is 9.67. The van der Waals surface area contributed by atoms with Crippen LogP contribution in [0.4, 0.5) is 4.79 Å². The SMILES string of the molecule is CC(=C[C@H](C[C@@H]1CCNC1=O)NC(=O)OC(C)(C)C)C(=O)OCc1ccccn1. The molecule has 0 unspecified atom stereocenters. The Hall–Kier alpha value is -2.90. The summed E-state index contributed by atoms with van der Waals surface area (Å²) < 4.78 is 10.6. The van der Waals surface area contributed by atoms with Crippen LogP contribution in [0, 0.1) is 5.92 Å². The predicted molar refractivity (Wildman–Crippen MR) is 107 cm³/mol. The van der Waals surface area contributed by atoms with Gasteiger partial charge in [0.2, 0.25) is 5.91 Å². The van der Waals surface area contributed by atoms with Crippen LogP contribution in [-0.2, 0) is 25.7 Å². The van der Waals surface area contributed by atoms with Gasteiger partial charge in [-0.15, -0.1) is 0 Å². The van der Waals surface area contributed by atoms with Gasteiger partial charge in [0.05, 0.1) is 11.7 Å². The highest BCUT2D eigenvalue weighted by atomic mass is 16.6. The molecule has 2 N–H and O–H groups in total. The Balaban J connectivity index is 2.03. The third kappa shape index (κ3) is 7.93. The van der Waals surface area contributed by atoms with E-state index < -0.39 is 23.7 Å². The van der Waals surface area contributed by atoms with E-state index in [9.17, 15) is 14.4 Å². The summed E-state index contributed by atoms with van der Waals surface area (Å²) in [4.78, 5) is 40.6. The lowest BCUT2D eigenvalue weighted by molar-refractivity contribution is -0.140. The van der Waals surface area contributed by atoms with Gasteiger partial charge >= 0.3 is 12.1 Å². The number of carbonyl (C=O) groups excluding carboxylic acids is 3. The van der Waals surface area contributed by atoms with Gasteiger partial charge < -0.3 is 20.1 Å². The van der Waals surface area contributed by atoms with E-state index in [4.69, 9.17) is 9.47 Å². The van der Waals surface area contributed by atoms with Crippen molar-refractivity contribution >= 4 is 18.0 Å². The monoisotopic (exact) mass is 403 g/mol. The number of pyridine rings is 1. The number of aromatic nitrogens is 1. The van der Waals surface area contributed by atoms with Crippen molar-refractivity contribution in [3.63, 3.8) is 0 Å². The van der Waals surface area contributed by atoms with Crippen LogP contribution in [-0.4, -0.2) is 41.1 Å². The third-order valence-electron chi connectivity index (χ3n) is 4.25. The van der Waals surface area contributed by atoms with Gasteiger partial charge in [0.15, 0.2) is 0 Å². The molecular formula is C21H29N3O5. The predicted octanol–water partition coefficient (Wildman–Crippen LogP) is 2.49. The molecule has 0 aliphatic carbocycles. The fourth-order valence-corrected chi connectivity index (χ4v) is 2.91. The molecule has 29 heavy (non-hydrogen) atoms. The molecule has 0 saturated carbocycles. The number of rotatable bonds is 7. The fraction of sp³-hybridized carbons (Fsp3) is 0.524. The minimum absolute atomic E-state index is 0.0511. The number of ether oxygens (including phenoxy) is 2. The molecular weight excluding hydrogens is 374 g/mol. The Morgan fingerprint density at radius 2 is 2.14 bits per heavy atom. The van der Waals surface area contributed by atoms with Crippen LogP contribution in [0.5, 0.6) is 0 Å². The van der Waals surface area contributed by atoms with Crippen LogP contribution < -0.4 is 10.6 Å². The fourth-order valence-electron chi connectivity index (χ4n) is 2.91. The van der Waals surface area contributed by atoms with Crippen LogP contribution in [0.2, 0.25) is 0 Å². The van der Waals surface area contributed by atoms with Crippen molar-refractivity contribution in [1.29, 1.82) is 0 Å². The molecule has 1 aromatic heterocycles. The van der Waals surface area contributed by atoms with Gasteiger partial charge in [0, 0.05) is 24.2 Å². The minimum atomic E-state index is -0.653. The summed E-state index contributed by atoms with van der Waals surface area (Å²) in [7, 11) is 0. The topological polar surface area (TPSA) is 107 Å². The number of amides is 2. The first kappa shape index (κ1) is 22.4.